The van der Waals surface area contributed by atoms with Gasteiger partial charge in [0.25, 0.3) is 0 Å². The van der Waals surface area contributed by atoms with Crippen LogP contribution in [-0.2, 0) is 6.42 Å². The average Bonchev–Trinajstić information content (AvgIpc) is 3.71. The maximum Gasteiger partial charge on any atom is 0.120 e. The molecule has 0 bridgehead atoms. The van der Waals surface area contributed by atoms with Gasteiger partial charge in [-0.25, -0.2) is 0 Å². The van der Waals surface area contributed by atoms with Gasteiger partial charge in [0, 0.05) is 22.2 Å². The van der Waals surface area contributed by atoms with E-state index >= 15 is 0 Å². The van der Waals surface area contributed by atoms with E-state index in [-0.39, 0.29) is 6.10 Å². The zero-order chi connectivity index (χ0) is 30.3. The minimum atomic E-state index is 0.268. The Hall–Kier alpha value is -3.06. The maximum absolute atomic E-state index is 6.63. The summed E-state index contributed by atoms with van der Waals surface area (Å²) >= 11 is 1.84. The fourth-order valence-corrected chi connectivity index (χ4v) is 8.31. The fourth-order valence-electron chi connectivity index (χ4n) is 7.06. The Balaban J connectivity index is 1.19. The predicted molar refractivity (Wildman–Crippen MR) is 184 cm³/mol. The fraction of sp³-hybridized carbons (Fsp3) is 0.474. The zero-order valence-corrected chi connectivity index (χ0v) is 27.5. The normalized spacial score (nSPS) is 19.1. The highest BCUT2D eigenvalue weighted by Crippen LogP contribution is 2.42. The zero-order valence-electron chi connectivity index (χ0n) is 26.7. The quantitative estimate of drug-likeness (QED) is 0.151. The van der Waals surface area contributed by atoms with Gasteiger partial charge in [-0.05, 0) is 141 Å². The molecule has 44 heavy (non-hydrogen) atoms. The monoisotopic (exact) mass is 612 g/mol. The molecule has 0 amide bonds. The molecule has 1 saturated carbocycles. The van der Waals surface area contributed by atoms with E-state index in [0.717, 1.165) is 56.3 Å². The van der Waals surface area contributed by atoms with Crippen molar-refractivity contribution in [2.75, 3.05) is 46.4 Å². The molecule has 234 valence electrons. The van der Waals surface area contributed by atoms with Crippen molar-refractivity contribution in [3.8, 4) is 27.7 Å². The molecular weight excluding hydrogens is 564 g/mol. The summed E-state index contributed by atoms with van der Waals surface area (Å²) in [6.45, 7) is 10.8. The van der Waals surface area contributed by atoms with Gasteiger partial charge in [-0.2, -0.15) is 0 Å². The molecule has 2 heterocycles. The minimum absolute atomic E-state index is 0.268. The number of thiophene rings is 1. The smallest absolute Gasteiger partial charge is 0.120 e. The van der Waals surface area contributed by atoms with Gasteiger partial charge >= 0.3 is 0 Å². The minimum Gasteiger partial charge on any atom is -0.497 e. The molecule has 4 aromatic rings. The lowest BCUT2D eigenvalue weighted by Gasteiger charge is -2.39. The molecule has 6 heteroatoms. The number of rotatable bonds is 13. The molecular formula is C38H48N2O3S. The van der Waals surface area contributed by atoms with Gasteiger partial charge in [0.15, 0.2) is 0 Å². The van der Waals surface area contributed by atoms with Crippen LogP contribution in [0.25, 0.3) is 20.5 Å². The molecule has 2 aliphatic rings. The van der Waals surface area contributed by atoms with E-state index in [0.29, 0.717) is 6.04 Å². The van der Waals surface area contributed by atoms with Crippen LogP contribution in [0.4, 0.5) is 0 Å². The molecule has 0 radical (unpaired) electrons. The van der Waals surface area contributed by atoms with E-state index in [9.17, 15) is 0 Å². The second-order valence-electron chi connectivity index (χ2n) is 12.2. The van der Waals surface area contributed by atoms with Crippen molar-refractivity contribution in [3.05, 3.63) is 77.9 Å². The van der Waals surface area contributed by atoms with E-state index in [2.05, 4.69) is 90.4 Å². The highest BCUT2D eigenvalue weighted by Gasteiger charge is 2.30. The summed E-state index contributed by atoms with van der Waals surface area (Å²) in [6, 6.07) is 24.5. The molecule has 6 rings (SSSR count). The van der Waals surface area contributed by atoms with Crippen LogP contribution in [0.15, 0.2) is 66.7 Å². The summed E-state index contributed by atoms with van der Waals surface area (Å²) in [6.07, 6.45) is 8.68. The number of hydrogen-bond acceptors (Lipinski definition) is 6. The Morgan fingerprint density at radius 1 is 0.818 bits per heavy atom. The Morgan fingerprint density at radius 2 is 1.52 bits per heavy atom. The summed E-state index contributed by atoms with van der Waals surface area (Å²) in [4.78, 5) is 6.37. The number of hydrogen-bond donors (Lipinski definition) is 0. The van der Waals surface area contributed by atoms with Gasteiger partial charge in [0.2, 0.25) is 0 Å². The Kier molecular flexibility index (Phi) is 10.4. The molecule has 1 aliphatic heterocycles. The van der Waals surface area contributed by atoms with Gasteiger partial charge in [0.1, 0.15) is 30.0 Å². The van der Waals surface area contributed by atoms with Gasteiger partial charge < -0.3 is 14.2 Å². The first-order valence-electron chi connectivity index (χ1n) is 16.7. The molecule has 2 unspecified atom stereocenters. The second-order valence-corrected chi connectivity index (χ2v) is 13.3. The Labute approximate surface area is 267 Å². The van der Waals surface area contributed by atoms with Gasteiger partial charge in [-0.3, -0.25) is 9.80 Å². The average molecular weight is 613 g/mol. The number of methoxy groups -OCH3 is 1. The third-order valence-electron chi connectivity index (χ3n) is 9.53. The molecule has 1 aromatic heterocycles. The van der Waals surface area contributed by atoms with Crippen LogP contribution in [0.3, 0.4) is 0 Å². The third kappa shape index (κ3) is 7.25. The van der Waals surface area contributed by atoms with Gasteiger partial charge in [0.05, 0.1) is 7.11 Å². The van der Waals surface area contributed by atoms with Crippen molar-refractivity contribution in [1.82, 2.24) is 9.80 Å². The molecule has 1 saturated heterocycles. The lowest BCUT2D eigenvalue weighted by molar-refractivity contribution is 0.0413. The summed E-state index contributed by atoms with van der Waals surface area (Å²) < 4.78 is 19.6. The van der Waals surface area contributed by atoms with Crippen LogP contribution in [0.1, 0.15) is 63.5 Å². The summed E-state index contributed by atoms with van der Waals surface area (Å²) in [5, 5.41) is 1.29. The standard InChI is InChI=1S/C38H48N2O3S/c1-4-40(5-2)35-10-6-7-11-36(35)43-31-16-12-28(13-17-31)26-34-33-21-20-32(41-3)27-37(33)44-38(34)29-14-18-30(19-15-29)42-25-24-39-22-8-9-23-39/h12-21,27,35-36H,4-11,22-26H2,1-3H3. The van der Waals surface area contributed by atoms with Gasteiger partial charge in [-0.1, -0.05) is 32.4 Å². The SMILES string of the molecule is CCN(CC)C1CCCCC1Oc1ccc(Cc2c(-c3ccc(OCCN4CCCC4)cc3)sc3cc(OC)ccc23)cc1. The summed E-state index contributed by atoms with van der Waals surface area (Å²) in [5.74, 6) is 2.82. The lowest BCUT2D eigenvalue weighted by atomic mass is 9.91. The number of benzene rings is 3. The van der Waals surface area contributed by atoms with Crippen LogP contribution in [-0.4, -0.2) is 68.4 Å². The largest absolute Gasteiger partial charge is 0.497 e. The van der Waals surface area contributed by atoms with Crippen LogP contribution < -0.4 is 14.2 Å². The highest BCUT2D eigenvalue weighted by molar-refractivity contribution is 7.22. The van der Waals surface area contributed by atoms with Crippen molar-refractivity contribution < 1.29 is 14.2 Å². The molecule has 5 nitrogen and oxygen atoms in total. The van der Waals surface area contributed by atoms with Crippen molar-refractivity contribution >= 4 is 21.4 Å². The van der Waals surface area contributed by atoms with Crippen LogP contribution in [0.2, 0.25) is 0 Å². The molecule has 1 aliphatic carbocycles. The first kappa shape index (κ1) is 30.9. The number of likely N-dealkylation sites (N-methyl/N-ethyl adjacent to an activating group) is 1. The number of fused-ring (bicyclic) bond motifs is 1. The van der Waals surface area contributed by atoms with Gasteiger partial charge in [-0.15, -0.1) is 11.3 Å². The highest BCUT2D eigenvalue weighted by atomic mass is 32.1. The Morgan fingerprint density at radius 3 is 2.25 bits per heavy atom. The van der Waals surface area contributed by atoms with Crippen molar-refractivity contribution in [1.29, 1.82) is 0 Å². The topological polar surface area (TPSA) is 34.2 Å². The lowest BCUT2D eigenvalue weighted by Crippen LogP contribution is -2.47. The first-order valence-corrected chi connectivity index (χ1v) is 17.5. The van der Waals surface area contributed by atoms with Crippen molar-refractivity contribution in [2.45, 2.75) is 70.9 Å². The van der Waals surface area contributed by atoms with E-state index < -0.39 is 0 Å². The van der Waals surface area contributed by atoms with Crippen molar-refractivity contribution in [3.63, 3.8) is 0 Å². The second kappa shape index (κ2) is 14.8. The van der Waals surface area contributed by atoms with E-state index in [1.807, 2.05) is 11.3 Å². The van der Waals surface area contributed by atoms with E-state index in [4.69, 9.17) is 14.2 Å². The van der Waals surface area contributed by atoms with Crippen LogP contribution >= 0.6 is 11.3 Å². The molecule has 3 aromatic carbocycles. The van der Waals surface area contributed by atoms with E-state index in [1.54, 1.807) is 7.11 Å². The van der Waals surface area contributed by atoms with Crippen LogP contribution in [0.5, 0.6) is 17.2 Å². The summed E-state index contributed by atoms with van der Waals surface area (Å²) in [5.41, 5.74) is 3.88. The third-order valence-corrected chi connectivity index (χ3v) is 10.8. The number of ether oxygens (including phenoxy) is 3. The molecule has 2 fully saturated rings. The maximum atomic E-state index is 6.63. The number of likely N-dealkylation sites (tertiary alicyclic amines) is 1. The molecule has 2 atom stereocenters. The first-order chi connectivity index (χ1) is 21.6. The Bertz CT molecular complexity index is 1470. The van der Waals surface area contributed by atoms with Crippen molar-refractivity contribution in [2.24, 2.45) is 0 Å². The molecule has 0 N–H and O–H groups in total. The number of nitrogens with zero attached hydrogens (tertiary/aromatic N) is 2. The van der Waals surface area contributed by atoms with Crippen LogP contribution in [0, 0.1) is 0 Å². The summed E-state index contributed by atoms with van der Waals surface area (Å²) in [7, 11) is 1.74. The predicted octanol–water partition coefficient (Wildman–Crippen LogP) is 8.67. The molecule has 0 spiro atoms. The van der Waals surface area contributed by atoms with E-state index in [1.165, 1.54) is 76.8 Å².